The van der Waals surface area contributed by atoms with Gasteiger partial charge < -0.3 is 9.47 Å². The van der Waals surface area contributed by atoms with Crippen LogP contribution in [0.4, 0.5) is 0 Å². The van der Waals surface area contributed by atoms with E-state index in [1.54, 1.807) is 0 Å². The number of esters is 1. The van der Waals surface area contributed by atoms with Crippen LogP contribution in [-0.2, 0) is 9.53 Å². The number of Topliss-reactive ketones (excluding diaryl/α,β-unsaturated/α-hetero) is 1. The van der Waals surface area contributed by atoms with Gasteiger partial charge in [0.05, 0.1) is 19.1 Å². The average Bonchev–Trinajstić information content (AvgIpc) is 3.52. The van der Waals surface area contributed by atoms with E-state index >= 15 is 0 Å². The summed E-state index contributed by atoms with van der Waals surface area (Å²) in [6.07, 6.45) is 13.2. The summed E-state index contributed by atoms with van der Waals surface area (Å²) in [4.78, 5) is 26.1. The van der Waals surface area contributed by atoms with Crippen LogP contribution in [0.25, 0.3) is 0 Å². The second-order valence-corrected chi connectivity index (χ2v) is 12.4. The van der Waals surface area contributed by atoms with Crippen LogP contribution in [0, 0.1) is 41.9 Å². The van der Waals surface area contributed by atoms with Gasteiger partial charge in [0, 0.05) is 16.9 Å². The summed E-state index contributed by atoms with van der Waals surface area (Å²) in [5.74, 6) is 3.71. The van der Waals surface area contributed by atoms with Gasteiger partial charge in [-0.05, 0) is 125 Å². The van der Waals surface area contributed by atoms with Crippen molar-refractivity contribution in [3.63, 3.8) is 0 Å². The molecule has 6 aliphatic carbocycles. The molecule has 184 valence electrons. The number of benzene rings is 1. The van der Waals surface area contributed by atoms with Crippen LogP contribution in [-0.4, -0.2) is 25.0 Å². The van der Waals surface area contributed by atoms with Crippen molar-refractivity contribution < 1.29 is 19.1 Å². The van der Waals surface area contributed by atoms with E-state index in [1.165, 1.54) is 56.9 Å². The summed E-state index contributed by atoms with van der Waals surface area (Å²) in [7, 11) is 0. The van der Waals surface area contributed by atoms with Gasteiger partial charge in [0.1, 0.15) is 5.75 Å². The lowest BCUT2D eigenvalue weighted by Gasteiger charge is -2.56. The molecule has 34 heavy (non-hydrogen) atoms. The Kier molecular flexibility index (Phi) is 5.77. The number of ketones is 1. The van der Waals surface area contributed by atoms with E-state index in [1.807, 2.05) is 13.8 Å². The minimum absolute atomic E-state index is 0.127. The summed E-state index contributed by atoms with van der Waals surface area (Å²) in [5.41, 5.74) is 3.40. The molecule has 0 spiro atoms. The van der Waals surface area contributed by atoms with Gasteiger partial charge in [0.15, 0.2) is 5.78 Å². The molecule has 4 bridgehead atoms. The van der Waals surface area contributed by atoms with E-state index in [9.17, 15) is 9.59 Å². The molecule has 1 aromatic carbocycles. The first kappa shape index (κ1) is 22.6. The summed E-state index contributed by atoms with van der Waals surface area (Å²) < 4.78 is 12.0. The number of rotatable bonds is 8. The molecule has 4 heteroatoms. The molecule has 0 aliphatic heterocycles. The Morgan fingerprint density at radius 3 is 2.21 bits per heavy atom. The fraction of sp³-hybridized carbons (Fsp3) is 0.733. The number of carbonyl (C=O) groups is 2. The third-order valence-corrected chi connectivity index (χ3v) is 9.78. The minimum atomic E-state index is -0.289. The Bertz CT molecular complexity index is 939. The highest BCUT2D eigenvalue weighted by Crippen LogP contribution is 2.60. The van der Waals surface area contributed by atoms with E-state index in [0.29, 0.717) is 17.9 Å². The number of hydrogen-bond acceptors (Lipinski definition) is 4. The fourth-order valence-electron chi connectivity index (χ4n) is 8.50. The Hall–Kier alpha value is -1.84. The monoisotopic (exact) mass is 464 g/mol. The highest BCUT2D eigenvalue weighted by molar-refractivity contribution is 6.01. The average molecular weight is 465 g/mol. The molecule has 0 amide bonds. The molecule has 4 nitrogen and oxygen atoms in total. The molecule has 6 aliphatic rings. The molecule has 6 saturated carbocycles. The second-order valence-electron chi connectivity index (χ2n) is 12.4. The quantitative estimate of drug-likeness (QED) is 0.320. The third kappa shape index (κ3) is 4.09. The Morgan fingerprint density at radius 2 is 1.59 bits per heavy atom. The normalized spacial score (nSPS) is 36.0. The first-order valence-corrected chi connectivity index (χ1v) is 13.9. The number of carbonyl (C=O) groups excluding carboxylic acids is 2. The molecule has 0 saturated heterocycles. The standard InChI is InChI=1S/C30H40O4/c1-3-33-29(32)24-6-4-5-23(24)28(31)25-13-26(22-7-8-22)27(9-18(25)2)34-17-30-14-19-10-20(15-30)12-21(11-19)16-30/h9,13,19-24H,3-8,10-12,14-17H2,1-2H3/t19?,20?,21?,23-,24-,30?/m1/s1. The first-order valence-electron chi connectivity index (χ1n) is 13.9. The maximum atomic E-state index is 13.6. The molecular formula is C30H40O4. The molecule has 0 aromatic heterocycles. The molecule has 7 rings (SSSR count). The Balaban J connectivity index is 1.22. The topological polar surface area (TPSA) is 52.6 Å². The lowest BCUT2D eigenvalue weighted by molar-refractivity contribution is -0.148. The van der Waals surface area contributed by atoms with Crippen LogP contribution < -0.4 is 4.74 Å². The third-order valence-electron chi connectivity index (χ3n) is 9.78. The minimum Gasteiger partial charge on any atom is -0.493 e. The molecule has 0 heterocycles. The van der Waals surface area contributed by atoms with Gasteiger partial charge in [0.2, 0.25) is 0 Å². The van der Waals surface area contributed by atoms with Crippen molar-refractivity contribution >= 4 is 11.8 Å². The van der Waals surface area contributed by atoms with E-state index < -0.39 is 0 Å². The van der Waals surface area contributed by atoms with E-state index in [4.69, 9.17) is 9.47 Å². The molecule has 1 aromatic rings. The Morgan fingerprint density at radius 1 is 0.941 bits per heavy atom. The van der Waals surface area contributed by atoms with Crippen molar-refractivity contribution in [3.8, 4) is 5.75 Å². The van der Waals surface area contributed by atoms with Crippen molar-refractivity contribution in [2.45, 2.75) is 90.4 Å². The number of ether oxygens (including phenoxy) is 2. The van der Waals surface area contributed by atoms with Gasteiger partial charge in [-0.15, -0.1) is 0 Å². The van der Waals surface area contributed by atoms with Crippen LogP contribution in [0.2, 0.25) is 0 Å². The first-order chi connectivity index (χ1) is 16.4. The van der Waals surface area contributed by atoms with Crippen LogP contribution in [0.3, 0.4) is 0 Å². The second kappa shape index (κ2) is 8.68. The number of aryl methyl sites for hydroxylation is 1. The highest BCUT2D eigenvalue weighted by atomic mass is 16.5. The largest absolute Gasteiger partial charge is 0.493 e. The lowest BCUT2D eigenvalue weighted by Crippen LogP contribution is -2.48. The summed E-state index contributed by atoms with van der Waals surface area (Å²) in [6, 6.07) is 4.26. The van der Waals surface area contributed by atoms with Gasteiger partial charge in [-0.25, -0.2) is 0 Å². The predicted octanol–water partition coefficient (Wildman–Crippen LogP) is 6.63. The maximum absolute atomic E-state index is 13.6. The molecule has 0 unspecified atom stereocenters. The highest BCUT2D eigenvalue weighted by Gasteiger charge is 2.51. The van der Waals surface area contributed by atoms with Gasteiger partial charge in [-0.1, -0.05) is 6.42 Å². The van der Waals surface area contributed by atoms with Crippen molar-refractivity contribution in [1.29, 1.82) is 0 Å². The zero-order valence-corrected chi connectivity index (χ0v) is 20.9. The van der Waals surface area contributed by atoms with E-state index in [-0.39, 0.29) is 23.6 Å². The van der Waals surface area contributed by atoms with Gasteiger partial charge >= 0.3 is 5.97 Å². The summed E-state index contributed by atoms with van der Waals surface area (Å²) in [5, 5.41) is 0. The van der Waals surface area contributed by atoms with Gasteiger partial charge in [0.25, 0.3) is 0 Å². The van der Waals surface area contributed by atoms with Crippen molar-refractivity contribution in [2.24, 2.45) is 35.0 Å². The molecular weight excluding hydrogens is 424 g/mol. The predicted molar refractivity (Wildman–Crippen MR) is 131 cm³/mol. The summed E-state index contributed by atoms with van der Waals surface area (Å²) >= 11 is 0. The Labute approximate surface area is 204 Å². The molecule has 6 fully saturated rings. The molecule has 0 radical (unpaired) electrons. The lowest BCUT2D eigenvalue weighted by atomic mass is 9.50. The van der Waals surface area contributed by atoms with Gasteiger partial charge in [-0.3, -0.25) is 9.59 Å². The fourth-order valence-corrected chi connectivity index (χ4v) is 8.50. The van der Waals surface area contributed by atoms with Crippen molar-refractivity contribution in [2.75, 3.05) is 13.2 Å². The SMILES string of the molecule is CCOC(=O)[C@@H]1CCC[C@H]1C(=O)c1cc(C2CC2)c(OCC23CC4CC(CC(C4)C2)C3)cc1C. The molecule has 2 atom stereocenters. The van der Waals surface area contributed by atoms with Crippen molar-refractivity contribution in [3.05, 3.63) is 28.8 Å². The smallest absolute Gasteiger partial charge is 0.309 e. The van der Waals surface area contributed by atoms with E-state index in [0.717, 1.165) is 60.5 Å². The summed E-state index contributed by atoms with van der Waals surface area (Å²) in [6.45, 7) is 5.08. The number of hydrogen-bond donors (Lipinski definition) is 0. The van der Waals surface area contributed by atoms with Gasteiger partial charge in [-0.2, -0.15) is 0 Å². The van der Waals surface area contributed by atoms with Crippen LogP contribution in [0.1, 0.15) is 105 Å². The van der Waals surface area contributed by atoms with Crippen LogP contribution >= 0.6 is 0 Å². The zero-order chi connectivity index (χ0) is 23.4. The van der Waals surface area contributed by atoms with Crippen molar-refractivity contribution in [1.82, 2.24) is 0 Å². The van der Waals surface area contributed by atoms with Crippen LogP contribution in [0.15, 0.2) is 12.1 Å². The maximum Gasteiger partial charge on any atom is 0.309 e. The van der Waals surface area contributed by atoms with E-state index in [2.05, 4.69) is 12.1 Å². The molecule has 0 N–H and O–H groups in total. The van der Waals surface area contributed by atoms with Crippen LogP contribution in [0.5, 0.6) is 5.75 Å². The zero-order valence-electron chi connectivity index (χ0n) is 20.9.